The first-order valence-electron chi connectivity index (χ1n) is 8.60. The summed E-state index contributed by atoms with van der Waals surface area (Å²) in [5.74, 6) is 1.43. The summed E-state index contributed by atoms with van der Waals surface area (Å²) >= 11 is 0. The van der Waals surface area contributed by atoms with Crippen LogP contribution in [0.5, 0.6) is 17.2 Å². The molecule has 3 N–H and O–H groups in total. The van der Waals surface area contributed by atoms with Gasteiger partial charge in [-0.2, -0.15) is 0 Å². The lowest BCUT2D eigenvalue weighted by Crippen LogP contribution is -2.45. The maximum absolute atomic E-state index is 12.6. The fourth-order valence-corrected chi connectivity index (χ4v) is 2.82. The molecule has 0 fully saturated rings. The molecule has 2 aliphatic heterocycles. The topological polar surface area (TPSA) is 110 Å². The third-order valence-electron chi connectivity index (χ3n) is 4.22. The largest absolute Gasteiger partial charge is 0.497 e. The second kappa shape index (κ2) is 7.47. The van der Waals surface area contributed by atoms with Gasteiger partial charge in [0.2, 0.25) is 24.6 Å². The minimum absolute atomic E-state index is 0.0375. The number of hydrogen-bond acceptors (Lipinski definition) is 7. The van der Waals surface area contributed by atoms with Crippen molar-refractivity contribution in [3.8, 4) is 17.2 Å². The molecule has 0 aliphatic carbocycles. The number of methoxy groups -OCH3 is 1. The van der Waals surface area contributed by atoms with Crippen LogP contribution in [-0.2, 0) is 9.59 Å². The first-order valence-corrected chi connectivity index (χ1v) is 8.60. The molecule has 1 atom stereocenters. The average Bonchev–Trinajstić information content (AvgIpc) is 3.16. The Morgan fingerprint density at radius 3 is 2.68 bits per heavy atom. The second-order valence-electron chi connectivity index (χ2n) is 6.16. The molecule has 4 rings (SSSR count). The molecule has 2 heterocycles. The van der Waals surface area contributed by atoms with Gasteiger partial charge in [0, 0.05) is 17.4 Å². The van der Waals surface area contributed by atoms with Crippen molar-refractivity contribution in [1.82, 2.24) is 5.32 Å². The number of nitrogens with zero attached hydrogens (tertiary/aromatic N) is 1. The number of anilines is 2. The minimum Gasteiger partial charge on any atom is -0.497 e. The van der Waals surface area contributed by atoms with Crippen molar-refractivity contribution >= 4 is 29.1 Å². The van der Waals surface area contributed by atoms with Gasteiger partial charge in [0.05, 0.1) is 13.5 Å². The summed E-state index contributed by atoms with van der Waals surface area (Å²) in [7, 11) is 1.58. The number of guanidine groups is 1. The summed E-state index contributed by atoms with van der Waals surface area (Å²) in [5.41, 5.74) is 1.25. The molecule has 2 amide bonds. The first kappa shape index (κ1) is 17.7. The smallest absolute Gasteiger partial charge is 0.249 e. The Hall–Kier alpha value is -3.75. The Morgan fingerprint density at radius 1 is 1.14 bits per heavy atom. The summed E-state index contributed by atoms with van der Waals surface area (Å²) in [4.78, 5) is 28.9. The van der Waals surface area contributed by atoms with E-state index < -0.39 is 6.04 Å². The molecule has 144 valence electrons. The molecular weight excluding hydrogens is 364 g/mol. The van der Waals surface area contributed by atoms with Gasteiger partial charge in [0.25, 0.3) is 0 Å². The van der Waals surface area contributed by atoms with Crippen LogP contribution in [0.4, 0.5) is 11.4 Å². The van der Waals surface area contributed by atoms with Crippen LogP contribution in [0, 0.1) is 0 Å². The standard InChI is InChI=1S/C19H18N4O5/c1-26-13-5-2-11(3-6-13)21-19-22-14(9-17(24)23-19)18(25)20-12-4-7-15-16(8-12)28-10-27-15/h2-8,14H,9-10H2,1H3,(H,20,25)(H2,21,22,23,24)/t14-/m1/s1. The number of aliphatic imine (C=N–C) groups is 1. The Balaban J connectivity index is 1.45. The second-order valence-corrected chi connectivity index (χ2v) is 6.16. The van der Waals surface area contributed by atoms with Crippen LogP contribution in [-0.4, -0.2) is 37.7 Å². The highest BCUT2D eigenvalue weighted by Crippen LogP contribution is 2.34. The quantitative estimate of drug-likeness (QED) is 0.743. The SMILES string of the molecule is COc1ccc(NC2=N[C@@H](C(=O)Nc3ccc4c(c3)OCO4)CC(=O)N2)cc1. The monoisotopic (exact) mass is 382 g/mol. The Labute approximate surface area is 160 Å². The Morgan fingerprint density at radius 2 is 1.89 bits per heavy atom. The number of nitrogens with one attached hydrogen (secondary N) is 3. The van der Waals surface area contributed by atoms with Crippen molar-refractivity contribution in [3.05, 3.63) is 42.5 Å². The minimum atomic E-state index is -0.847. The lowest BCUT2D eigenvalue weighted by Gasteiger charge is -2.21. The summed E-state index contributed by atoms with van der Waals surface area (Å²) in [6, 6.07) is 11.4. The molecule has 28 heavy (non-hydrogen) atoms. The molecule has 2 aromatic carbocycles. The van der Waals surface area contributed by atoms with Crippen molar-refractivity contribution in [2.24, 2.45) is 4.99 Å². The van der Waals surface area contributed by atoms with Gasteiger partial charge in [0.15, 0.2) is 11.5 Å². The Bertz CT molecular complexity index is 942. The number of rotatable bonds is 4. The van der Waals surface area contributed by atoms with Crippen molar-refractivity contribution < 1.29 is 23.8 Å². The molecule has 2 aliphatic rings. The lowest BCUT2D eigenvalue weighted by molar-refractivity contribution is -0.124. The number of fused-ring (bicyclic) bond motifs is 1. The molecule has 0 saturated heterocycles. The molecular formula is C19H18N4O5. The van der Waals surface area contributed by atoms with E-state index in [4.69, 9.17) is 14.2 Å². The molecule has 0 unspecified atom stereocenters. The molecule has 0 bridgehead atoms. The average molecular weight is 382 g/mol. The molecule has 9 nitrogen and oxygen atoms in total. The van der Waals surface area contributed by atoms with E-state index >= 15 is 0 Å². The molecule has 0 aromatic heterocycles. The van der Waals surface area contributed by atoms with Crippen LogP contribution >= 0.6 is 0 Å². The van der Waals surface area contributed by atoms with Gasteiger partial charge in [0.1, 0.15) is 11.8 Å². The van der Waals surface area contributed by atoms with E-state index in [0.29, 0.717) is 28.6 Å². The van der Waals surface area contributed by atoms with Gasteiger partial charge >= 0.3 is 0 Å². The van der Waals surface area contributed by atoms with Gasteiger partial charge < -0.3 is 24.8 Å². The molecule has 9 heteroatoms. The molecule has 2 aromatic rings. The van der Waals surface area contributed by atoms with Gasteiger partial charge in [-0.25, -0.2) is 4.99 Å². The third kappa shape index (κ3) is 3.83. The van der Waals surface area contributed by atoms with Crippen molar-refractivity contribution in [2.75, 3.05) is 24.5 Å². The van der Waals surface area contributed by atoms with E-state index in [0.717, 1.165) is 0 Å². The van der Waals surface area contributed by atoms with E-state index in [1.165, 1.54) is 0 Å². The van der Waals surface area contributed by atoms with Gasteiger partial charge in [-0.15, -0.1) is 0 Å². The zero-order valence-electron chi connectivity index (χ0n) is 15.0. The zero-order chi connectivity index (χ0) is 19.5. The number of carbonyl (C=O) groups is 2. The van der Waals surface area contributed by atoms with Crippen LogP contribution in [0.15, 0.2) is 47.5 Å². The van der Waals surface area contributed by atoms with Crippen LogP contribution in [0.2, 0.25) is 0 Å². The maximum atomic E-state index is 12.6. The highest BCUT2D eigenvalue weighted by atomic mass is 16.7. The summed E-state index contributed by atoms with van der Waals surface area (Å²) in [6.45, 7) is 0.153. The summed E-state index contributed by atoms with van der Waals surface area (Å²) < 4.78 is 15.7. The van der Waals surface area contributed by atoms with E-state index in [1.807, 2.05) is 0 Å². The number of carbonyl (C=O) groups excluding carboxylic acids is 2. The van der Waals surface area contributed by atoms with Crippen LogP contribution in [0.3, 0.4) is 0 Å². The zero-order valence-corrected chi connectivity index (χ0v) is 15.0. The van der Waals surface area contributed by atoms with E-state index in [1.54, 1.807) is 49.6 Å². The Kier molecular flexibility index (Phi) is 4.71. The molecule has 0 saturated carbocycles. The lowest BCUT2D eigenvalue weighted by atomic mass is 10.1. The summed E-state index contributed by atoms with van der Waals surface area (Å²) in [5, 5.41) is 8.38. The van der Waals surface area contributed by atoms with E-state index in [9.17, 15) is 9.59 Å². The number of hydrogen-bond donors (Lipinski definition) is 3. The van der Waals surface area contributed by atoms with Crippen LogP contribution in [0.25, 0.3) is 0 Å². The number of amides is 2. The highest BCUT2D eigenvalue weighted by molar-refractivity contribution is 6.10. The normalized spacial score (nSPS) is 17.4. The fourth-order valence-electron chi connectivity index (χ4n) is 2.82. The van der Waals surface area contributed by atoms with Gasteiger partial charge in [-0.05, 0) is 36.4 Å². The van der Waals surface area contributed by atoms with Crippen LogP contribution < -0.4 is 30.2 Å². The first-order chi connectivity index (χ1) is 13.6. The third-order valence-corrected chi connectivity index (χ3v) is 4.22. The van der Waals surface area contributed by atoms with Gasteiger partial charge in [-0.3, -0.25) is 14.9 Å². The number of benzene rings is 2. The van der Waals surface area contributed by atoms with E-state index in [2.05, 4.69) is 20.9 Å². The van der Waals surface area contributed by atoms with E-state index in [-0.39, 0.29) is 31.0 Å². The number of ether oxygens (including phenoxy) is 3. The van der Waals surface area contributed by atoms with Crippen molar-refractivity contribution in [3.63, 3.8) is 0 Å². The molecule has 0 radical (unpaired) electrons. The summed E-state index contributed by atoms with van der Waals surface area (Å²) in [6.07, 6.45) is -0.0375. The van der Waals surface area contributed by atoms with Crippen LogP contribution in [0.1, 0.15) is 6.42 Å². The van der Waals surface area contributed by atoms with Gasteiger partial charge in [-0.1, -0.05) is 0 Å². The molecule has 0 spiro atoms. The van der Waals surface area contributed by atoms with Crippen molar-refractivity contribution in [1.29, 1.82) is 0 Å². The maximum Gasteiger partial charge on any atom is 0.249 e. The fraction of sp³-hybridized carbons (Fsp3) is 0.211. The predicted molar refractivity (Wildman–Crippen MR) is 102 cm³/mol. The predicted octanol–water partition coefficient (Wildman–Crippen LogP) is 1.72. The van der Waals surface area contributed by atoms with Crippen molar-refractivity contribution in [2.45, 2.75) is 12.5 Å². The highest BCUT2D eigenvalue weighted by Gasteiger charge is 2.27.